The lowest BCUT2D eigenvalue weighted by molar-refractivity contribution is 0.669. The van der Waals surface area contributed by atoms with Crippen LogP contribution < -0.4 is 0 Å². The summed E-state index contributed by atoms with van der Waals surface area (Å²) in [6.07, 6.45) is 0. The van der Waals surface area contributed by atoms with Gasteiger partial charge in [0.25, 0.3) is 0 Å². The van der Waals surface area contributed by atoms with E-state index in [1.54, 1.807) is 11.3 Å². The van der Waals surface area contributed by atoms with Crippen LogP contribution >= 0.6 is 11.3 Å². The van der Waals surface area contributed by atoms with Crippen molar-refractivity contribution in [2.45, 2.75) is 0 Å². The monoisotopic (exact) mass is 695 g/mol. The Morgan fingerprint density at radius 2 is 0.811 bits per heavy atom. The molecule has 0 saturated carbocycles. The van der Waals surface area contributed by atoms with E-state index in [4.69, 9.17) is 13.8 Å². The summed E-state index contributed by atoms with van der Waals surface area (Å²) in [5.41, 5.74) is 14.8. The molecule has 0 bridgehead atoms. The highest BCUT2D eigenvalue weighted by molar-refractivity contribution is 7.21. The van der Waals surface area contributed by atoms with Crippen molar-refractivity contribution in [1.82, 2.24) is 4.98 Å². The van der Waals surface area contributed by atoms with Gasteiger partial charge in [-0.3, -0.25) is 0 Å². The number of thiazole rings is 1. The third-order valence-electron chi connectivity index (χ3n) is 10.3. The van der Waals surface area contributed by atoms with Gasteiger partial charge < -0.3 is 8.83 Å². The van der Waals surface area contributed by atoms with Crippen LogP contribution in [-0.4, -0.2) is 4.98 Å². The van der Waals surface area contributed by atoms with Gasteiger partial charge in [-0.05, 0) is 75.8 Å². The minimum atomic E-state index is 0.908. The summed E-state index contributed by atoms with van der Waals surface area (Å²) in [5, 5.41) is 5.56. The van der Waals surface area contributed by atoms with Crippen molar-refractivity contribution in [3.63, 3.8) is 0 Å². The number of para-hydroxylation sites is 5. The fourth-order valence-electron chi connectivity index (χ4n) is 7.71. The Balaban J connectivity index is 1.01. The molecule has 3 aromatic heterocycles. The minimum absolute atomic E-state index is 0.908. The molecular formula is C49H29NO2S. The molecule has 0 N–H and O–H groups in total. The minimum Gasteiger partial charge on any atom is -0.455 e. The summed E-state index contributed by atoms with van der Waals surface area (Å²) in [4.78, 5) is 5.05. The van der Waals surface area contributed by atoms with Gasteiger partial charge in [0.05, 0.1) is 10.2 Å². The van der Waals surface area contributed by atoms with Gasteiger partial charge >= 0.3 is 0 Å². The SMILES string of the molecule is c1ccc2sc(-c3cc(-c4ccc(-c5cccc6c5oc5ccccc56)cc4)cc(-c4ccc(-c5cccc6c5oc5ccccc56)cc4)c3)nc2c1. The van der Waals surface area contributed by atoms with Gasteiger partial charge in [-0.2, -0.15) is 0 Å². The van der Waals surface area contributed by atoms with Crippen LogP contribution in [0.15, 0.2) is 185 Å². The van der Waals surface area contributed by atoms with Crippen LogP contribution in [0.5, 0.6) is 0 Å². The van der Waals surface area contributed by atoms with E-state index < -0.39 is 0 Å². The van der Waals surface area contributed by atoms with E-state index in [1.807, 2.05) is 24.3 Å². The molecule has 248 valence electrons. The number of hydrogen-bond acceptors (Lipinski definition) is 4. The van der Waals surface area contributed by atoms with Crippen molar-refractivity contribution in [2.24, 2.45) is 0 Å². The lowest BCUT2D eigenvalue weighted by Crippen LogP contribution is -1.87. The van der Waals surface area contributed by atoms with E-state index in [0.29, 0.717) is 0 Å². The van der Waals surface area contributed by atoms with Crippen molar-refractivity contribution in [2.75, 3.05) is 0 Å². The maximum Gasteiger partial charge on any atom is 0.143 e. The number of furan rings is 2. The molecule has 0 aliphatic carbocycles. The normalized spacial score (nSPS) is 11.8. The first kappa shape index (κ1) is 29.9. The molecule has 0 spiro atoms. The molecule has 0 saturated heterocycles. The third-order valence-corrected chi connectivity index (χ3v) is 11.4. The van der Waals surface area contributed by atoms with Gasteiger partial charge in [0.1, 0.15) is 27.3 Å². The first-order chi connectivity index (χ1) is 26.2. The Kier molecular flexibility index (Phi) is 6.73. The molecule has 3 nitrogen and oxygen atoms in total. The molecule has 0 unspecified atom stereocenters. The predicted octanol–water partition coefficient (Wildman–Crippen LogP) is 14.4. The second-order valence-corrected chi connectivity index (χ2v) is 14.5. The van der Waals surface area contributed by atoms with Gasteiger partial charge in [-0.25, -0.2) is 4.98 Å². The smallest absolute Gasteiger partial charge is 0.143 e. The standard InChI is InChI=1S/C49H29NO2S/c1-4-16-44-39(9-1)41-13-7-11-37(47(41)51-44)32-23-19-30(20-24-32)34-27-35(29-36(28-34)49-50-43-15-3-6-18-46(43)53-49)31-21-25-33(26-22-31)38-12-8-14-42-40-10-2-5-17-45(40)52-48(38)42/h1-29H. The topological polar surface area (TPSA) is 39.2 Å². The Morgan fingerprint density at radius 1 is 0.358 bits per heavy atom. The average Bonchev–Trinajstić information content (AvgIpc) is 3.94. The molecule has 11 rings (SSSR count). The third kappa shape index (κ3) is 4.99. The highest BCUT2D eigenvalue weighted by atomic mass is 32.1. The molecule has 0 aliphatic rings. The lowest BCUT2D eigenvalue weighted by atomic mass is 9.93. The van der Waals surface area contributed by atoms with E-state index in [0.717, 1.165) is 104 Å². The molecular weight excluding hydrogens is 667 g/mol. The predicted molar refractivity (Wildman–Crippen MR) is 221 cm³/mol. The number of benzene rings is 8. The molecule has 0 radical (unpaired) electrons. The average molecular weight is 696 g/mol. The first-order valence-electron chi connectivity index (χ1n) is 17.8. The Hall–Kier alpha value is -6.75. The van der Waals surface area contributed by atoms with Crippen molar-refractivity contribution in [3.05, 3.63) is 176 Å². The van der Waals surface area contributed by atoms with E-state index in [-0.39, 0.29) is 0 Å². The summed E-state index contributed by atoms with van der Waals surface area (Å²) in [5.74, 6) is 0. The summed E-state index contributed by atoms with van der Waals surface area (Å²) in [6, 6.07) is 62.1. The fourth-order valence-corrected chi connectivity index (χ4v) is 8.67. The van der Waals surface area contributed by atoms with Gasteiger partial charge in [0.2, 0.25) is 0 Å². The van der Waals surface area contributed by atoms with Crippen LogP contribution in [0, 0.1) is 0 Å². The first-order valence-corrected chi connectivity index (χ1v) is 18.6. The van der Waals surface area contributed by atoms with Crippen LogP contribution in [0.4, 0.5) is 0 Å². The molecule has 11 aromatic rings. The van der Waals surface area contributed by atoms with E-state index >= 15 is 0 Å². The van der Waals surface area contributed by atoms with Crippen LogP contribution in [0.3, 0.4) is 0 Å². The maximum atomic E-state index is 6.37. The van der Waals surface area contributed by atoms with Crippen molar-refractivity contribution in [3.8, 4) is 55.1 Å². The zero-order valence-corrected chi connectivity index (χ0v) is 29.2. The second kappa shape index (κ2) is 11.9. The molecule has 8 aromatic carbocycles. The highest BCUT2D eigenvalue weighted by Gasteiger charge is 2.16. The summed E-state index contributed by atoms with van der Waals surface area (Å²) in [7, 11) is 0. The summed E-state index contributed by atoms with van der Waals surface area (Å²) < 4.78 is 13.9. The number of aromatic nitrogens is 1. The largest absolute Gasteiger partial charge is 0.455 e. The number of fused-ring (bicyclic) bond motifs is 7. The Morgan fingerprint density at radius 3 is 1.36 bits per heavy atom. The van der Waals surface area contributed by atoms with E-state index in [1.165, 1.54) is 4.70 Å². The van der Waals surface area contributed by atoms with Crippen LogP contribution in [0.25, 0.3) is 109 Å². The molecule has 3 heterocycles. The molecule has 0 atom stereocenters. The van der Waals surface area contributed by atoms with Crippen LogP contribution in [-0.2, 0) is 0 Å². The Bertz CT molecular complexity index is 2950. The molecule has 0 fully saturated rings. The second-order valence-electron chi connectivity index (χ2n) is 13.5. The number of hydrogen-bond donors (Lipinski definition) is 0. The zero-order valence-electron chi connectivity index (χ0n) is 28.4. The van der Waals surface area contributed by atoms with Gasteiger partial charge in [-0.15, -0.1) is 11.3 Å². The van der Waals surface area contributed by atoms with Crippen molar-refractivity contribution >= 4 is 65.4 Å². The van der Waals surface area contributed by atoms with E-state index in [9.17, 15) is 0 Å². The van der Waals surface area contributed by atoms with E-state index in [2.05, 4.69) is 152 Å². The molecule has 0 amide bonds. The van der Waals surface area contributed by atoms with Gasteiger partial charge in [0.15, 0.2) is 0 Å². The van der Waals surface area contributed by atoms with Crippen molar-refractivity contribution in [1.29, 1.82) is 0 Å². The van der Waals surface area contributed by atoms with Crippen LogP contribution in [0.2, 0.25) is 0 Å². The quantitative estimate of drug-likeness (QED) is 0.180. The van der Waals surface area contributed by atoms with Gasteiger partial charge in [0, 0.05) is 38.2 Å². The Labute approximate surface area is 309 Å². The summed E-state index contributed by atoms with van der Waals surface area (Å²) >= 11 is 1.73. The molecule has 53 heavy (non-hydrogen) atoms. The molecule has 4 heteroatoms. The fraction of sp³-hybridized carbons (Fsp3) is 0. The molecule has 0 aliphatic heterocycles. The number of rotatable bonds is 5. The van der Waals surface area contributed by atoms with Gasteiger partial charge in [-0.1, -0.05) is 133 Å². The maximum absolute atomic E-state index is 6.37. The lowest BCUT2D eigenvalue weighted by Gasteiger charge is -2.11. The number of nitrogens with zero attached hydrogens (tertiary/aromatic N) is 1. The van der Waals surface area contributed by atoms with Crippen molar-refractivity contribution < 1.29 is 8.83 Å². The summed E-state index contributed by atoms with van der Waals surface area (Å²) in [6.45, 7) is 0. The van der Waals surface area contributed by atoms with Crippen LogP contribution in [0.1, 0.15) is 0 Å². The highest BCUT2D eigenvalue weighted by Crippen LogP contribution is 2.40. The zero-order chi connectivity index (χ0) is 34.9.